The number of aryl methyl sites for hydroxylation is 1. The van der Waals surface area contributed by atoms with Crippen LogP contribution in [0.3, 0.4) is 0 Å². The molecule has 8 nitrogen and oxygen atoms in total. The number of nitrogens with two attached hydrogens (primary N) is 1. The Balaban J connectivity index is 1.69. The first-order chi connectivity index (χ1) is 11.5. The van der Waals surface area contributed by atoms with Crippen LogP contribution in [0, 0.1) is 6.92 Å². The van der Waals surface area contributed by atoms with E-state index in [2.05, 4.69) is 20.6 Å². The molecule has 8 heteroatoms. The van der Waals surface area contributed by atoms with Crippen molar-refractivity contribution >= 4 is 11.6 Å². The monoisotopic (exact) mass is 326 g/mol. The van der Waals surface area contributed by atoms with Crippen molar-refractivity contribution in [3.63, 3.8) is 0 Å². The summed E-state index contributed by atoms with van der Waals surface area (Å²) in [6.07, 6.45) is 3.30. The molecule has 0 bridgehead atoms. The maximum atomic E-state index is 10.9. The summed E-state index contributed by atoms with van der Waals surface area (Å²) < 4.78 is 7.19. The van der Waals surface area contributed by atoms with Gasteiger partial charge in [-0.25, -0.2) is 0 Å². The van der Waals surface area contributed by atoms with E-state index in [-0.39, 0.29) is 12.6 Å². The Labute approximate surface area is 138 Å². The highest BCUT2D eigenvalue weighted by Gasteiger charge is 2.15. The zero-order valence-corrected chi connectivity index (χ0v) is 13.4. The van der Waals surface area contributed by atoms with Crippen LogP contribution < -0.4 is 11.1 Å². The minimum absolute atomic E-state index is 0.0359. The fourth-order valence-electron chi connectivity index (χ4n) is 2.22. The first kappa shape index (κ1) is 15.7. The summed E-state index contributed by atoms with van der Waals surface area (Å²) in [4.78, 5) is 10.9. The number of amides is 1. The summed E-state index contributed by atoms with van der Waals surface area (Å²) in [6, 6.07) is 7.67. The van der Waals surface area contributed by atoms with Crippen LogP contribution in [0.25, 0.3) is 11.5 Å². The number of hydrogen-bond donors (Lipinski definition) is 2. The summed E-state index contributed by atoms with van der Waals surface area (Å²) in [5.41, 5.74) is 7.92. The number of rotatable bonds is 6. The lowest BCUT2D eigenvalue weighted by Crippen LogP contribution is -2.18. The second-order valence-corrected chi connectivity index (χ2v) is 5.57. The molecule has 3 aromatic rings. The van der Waals surface area contributed by atoms with Gasteiger partial charge in [-0.2, -0.15) is 5.10 Å². The molecule has 2 heterocycles. The Kier molecular flexibility index (Phi) is 4.28. The average Bonchev–Trinajstić information content (AvgIpc) is 3.17. The number of benzene rings is 1. The maximum Gasteiger partial charge on any atom is 0.247 e. The van der Waals surface area contributed by atoms with Crippen LogP contribution in [-0.4, -0.2) is 25.9 Å². The highest BCUT2D eigenvalue weighted by atomic mass is 16.4. The molecule has 0 saturated heterocycles. The van der Waals surface area contributed by atoms with Crippen LogP contribution >= 0.6 is 0 Å². The Morgan fingerprint density at radius 3 is 2.79 bits per heavy atom. The van der Waals surface area contributed by atoms with E-state index in [0.29, 0.717) is 11.8 Å². The molecule has 0 aliphatic heterocycles. The Hall–Kier alpha value is -3.16. The van der Waals surface area contributed by atoms with Crippen molar-refractivity contribution in [2.45, 2.75) is 26.4 Å². The summed E-state index contributed by atoms with van der Waals surface area (Å²) in [5.74, 6) is 0.494. The zero-order chi connectivity index (χ0) is 17.1. The molecule has 24 heavy (non-hydrogen) atoms. The molecular formula is C16H18N6O2. The minimum Gasteiger partial charge on any atom is -0.418 e. The van der Waals surface area contributed by atoms with E-state index >= 15 is 0 Å². The van der Waals surface area contributed by atoms with Gasteiger partial charge < -0.3 is 15.5 Å². The van der Waals surface area contributed by atoms with Gasteiger partial charge in [0.15, 0.2) is 0 Å². The van der Waals surface area contributed by atoms with Crippen molar-refractivity contribution in [1.29, 1.82) is 0 Å². The normalized spacial score (nSPS) is 12.1. The van der Waals surface area contributed by atoms with Crippen LogP contribution in [0.2, 0.25) is 0 Å². The van der Waals surface area contributed by atoms with Gasteiger partial charge in [-0.05, 0) is 26.0 Å². The van der Waals surface area contributed by atoms with Gasteiger partial charge in [0.2, 0.25) is 17.7 Å². The highest BCUT2D eigenvalue weighted by molar-refractivity contribution is 5.73. The molecule has 0 aliphatic carbocycles. The third kappa shape index (κ3) is 3.60. The fraction of sp³-hybridized carbons (Fsp3) is 0.250. The van der Waals surface area contributed by atoms with Crippen molar-refractivity contribution in [1.82, 2.24) is 20.0 Å². The van der Waals surface area contributed by atoms with E-state index in [4.69, 9.17) is 10.2 Å². The fourth-order valence-corrected chi connectivity index (χ4v) is 2.22. The largest absolute Gasteiger partial charge is 0.418 e. The van der Waals surface area contributed by atoms with E-state index in [0.717, 1.165) is 11.3 Å². The van der Waals surface area contributed by atoms with Crippen LogP contribution in [0.15, 0.2) is 41.1 Å². The zero-order valence-electron chi connectivity index (χ0n) is 13.4. The van der Waals surface area contributed by atoms with Gasteiger partial charge in [-0.1, -0.05) is 17.7 Å². The number of aromatic nitrogens is 4. The van der Waals surface area contributed by atoms with Gasteiger partial charge in [0, 0.05) is 11.8 Å². The Morgan fingerprint density at radius 2 is 2.08 bits per heavy atom. The number of anilines is 1. The minimum atomic E-state index is -0.447. The van der Waals surface area contributed by atoms with Crippen molar-refractivity contribution in [2.75, 3.05) is 5.32 Å². The van der Waals surface area contributed by atoms with Gasteiger partial charge in [0.1, 0.15) is 12.6 Å². The summed E-state index contributed by atoms with van der Waals surface area (Å²) >= 11 is 0. The van der Waals surface area contributed by atoms with Crippen LogP contribution in [0.5, 0.6) is 0 Å². The summed E-state index contributed by atoms with van der Waals surface area (Å²) in [5, 5.41) is 15.4. The summed E-state index contributed by atoms with van der Waals surface area (Å²) in [7, 11) is 0. The molecule has 3 N–H and O–H groups in total. The number of nitrogens with one attached hydrogen (secondary N) is 1. The number of carbonyl (C=O) groups excluding carboxylic acids is 1. The van der Waals surface area contributed by atoms with Crippen LogP contribution in [-0.2, 0) is 11.3 Å². The molecule has 0 saturated carbocycles. The molecule has 0 fully saturated rings. The smallest absolute Gasteiger partial charge is 0.247 e. The van der Waals surface area contributed by atoms with Crippen molar-refractivity contribution in [2.24, 2.45) is 5.73 Å². The van der Waals surface area contributed by atoms with Crippen molar-refractivity contribution < 1.29 is 9.21 Å². The number of nitrogens with zero attached hydrogens (tertiary/aromatic N) is 4. The molecule has 1 atom stereocenters. The third-order valence-electron chi connectivity index (χ3n) is 3.44. The van der Waals surface area contributed by atoms with Gasteiger partial charge in [0.05, 0.1) is 11.9 Å². The molecule has 1 amide bonds. The molecule has 3 rings (SSSR count). The second-order valence-electron chi connectivity index (χ2n) is 5.57. The second kappa shape index (κ2) is 6.53. The van der Waals surface area contributed by atoms with E-state index in [9.17, 15) is 4.79 Å². The molecular weight excluding hydrogens is 308 g/mol. The highest BCUT2D eigenvalue weighted by Crippen LogP contribution is 2.23. The SMILES string of the molecule is Cc1ccc(-c2nnc(C(C)Nc3cnn(CC(N)=O)c3)o2)cc1. The van der Waals surface area contributed by atoms with Crippen LogP contribution in [0.1, 0.15) is 24.4 Å². The number of primary amides is 1. The van der Waals surface area contributed by atoms with Crippen LogP contribution in [0.4, 0.5) is 5.69 Å². The predicted molar refractivity (Wildman–Crippen MR) is 87.9 cm³/mol. The molecule has 2 aromatic heterocycles. The van der Waals surface area contributed by atoms with E-state index in [1.807, 2.05) is 38.1 Å². The first-order valence-corrected chi connectivity index (χ1v) is 7.49. The molecule has 124 valence electrons. The van der Waals surface area contributed by atoms with Crippen molar-refractivity contribution in [3.05, 3.63) is 48.1 Å². The van der Waals surface area contributed by atoms with Gasteiger partial charge in [0.25, 0.3) is 0 Å². The maximum absolute atomic E-state index is 10.9. The standard InChI is InChI=1S/C16H18N6O2/c1-10-3-5-12(6-4-10)16-21-20-15(24-16)11(2)19-13-7-18-22(8-13)9-14(17)23/h3-8,11,19H,9H2,1-2H3,(H2,17,23). The number of hydrogen-bond acceptors (Lipinski definition) is 6. The molecule has 1 aromatic carbocycles. The van der Waals surface area contributed by atoms with Crippen molar-refractivity contribution in [3.8, 4) is 11.5 Å². The summed E-state index contributed by atoms with van der Waals surface area (Å²) in [6.45, 7) is 3.96. The predicted octanol–water partition coefficient (Wildman–Crippen LogP) is 1.90. The first-order valence-electron chi connectivity index (χ1n) is 7.49. The van der Waals surface area contributed by atoms with E-state index in [1.54, 1.807) is 12.4 Å². The molecule has 0 aliphatic rings. The molecule has 1 unspecified atom stereocenters. The Bertz CT molecular complexity index is 836. The molecule has 0 radical (unpaired) electrons. The Morgan fingerprint density at radius 1 is 1.33 bits per heavy atom. The topological polar surface area (TPSA) is 112 Å². The molecule has 0 spiro atoms. The van der Waals surface area contributed by atoms with Gasteiger partial charge >= 0.3 is 0 Å². The van der Waals surface area contributed by atoms with Gasteiger partial charge in [-0.3, -0.25) is 9.48 Å². The van der Waals surface area contributed by atoms with Gasteiger partial charge in [-0.15, -0.1) is 10.2 Å². The average molecular weight is 326 g/mol. The van der Waals surface area contributed by atoms with E-state index < -0.39 is 5.91 Å². The lowest BCUT2D eigenvalue weighted by molar-refractivity contribution is -0.118. The number of carbonyl (C=O) groups is 1. The lowest BCUT2D eigenvalue weighted by atomic mass is 10.1. The third-order valence-corrected chi connectivity index (χ3v) is 3.44. The van der Waals surface area contributed by atoms with E-state index in [1.165, 1.54) is 10.2 Å². The lowest BCUT2D eigenvalue weighted by Gasteiger charge is -2.08. The quantitative estimate of drug-likeness (QED) is 0.715.